The Bertz CT molecular complexity index is 1090. The van der Waals surface area contributed by atoms with Gasteiger partial charge in [0.25, 0.3) is 0 Å². The number of nitrogens with one attached hydrogen (secondary N) is 2. The van der Waals surface area contributed by atoms with Gasteiger partial charge in [0.15, 0.2) is 5.65 Å². The van der Waals surface area contributed by atoms with Gasteiger partial charge in [0, 0.05) is 11.8 Å². The van der Waals surface area contributed by atoms with Gasteiger partial charge in [0.2, 0.25) is 12.0 Å². The normalized spacial score (nSPS) is 12.9. The van der Waals surface area contributed by atoms with E-state index in [2.05, 4.69) is 15.4 Å². The largest absolute Gasteiger partial charge is 0.465 e. The number of carboxylic acid groups (broad SMARTS) is 1. The Labute approximate surface area is 169 Å². The third-order valence-electron chi connectivity index (χ3n) is 4.15. The molecule has 0 bridgehead atoms. The molecule has 0 saturated carbocycles. The minimum absolute atomic E-state index is 0.0434. The molecule has 0 aliphatic rings. The standard InChI is InChI=1S/C18H19FN6O5/c1-9(22-15-4-5-25-16(23-15)12(20)7-21-25)11-6-10(19)2-3-14(11)30-17(13(27)8-26)24-18(28)29/h2-7,9,17,24,26H,8,20H2,1H3,(H,22,23)(H,28,29). The Morgan fingerprint density at radius 2 is 2.13 bits per heavy atom. The van der Waals surface area contributed by atoms with Gasteiger partial charge < -0.3 is 26.0 Å². The number of aliphatic hydroxyl groups is 1. The molecule has 3 rings (SSSR count). The van der Waals surface area contributed by atoms with Crippen molar-refractivity contribution in [3.63, 3.8) is 0 Å². The zero-order valence-electron chi connectivity index (χ0n) is 15.7. The number of amides is 1. The van der Waals surface area contributed by atoms with Gasteiger partial charge in [-0.2, -0.15) is 5.10 Å². The van der Waals surface area contributed by atoms with Crippen LogP contribution in [0.5, 0.6) is 5.75 Å². The van der Waals surface area contributed by atoms with Crippen molar-refractivity contribution in [2.75, 3.05) is 17.7 Å². The number of anilines is 2. The van der Waals surface area contributed by atoms with Crippen molar-refractivity contribution in [3.05, 3.63) is 48.0 Å². The first-order valence-electron chi connectivity index (χ1n) is 8.74. The van der Waals surface area contributed by atoms with Crippen molar-refractivity contribution in [2.45, 2.75) is 19.2 Å². The number of nitrogens with zero attached hydrogens (tertiary/aromatic N) is 3. The average Bonchev–Trinajstić information content (AvgIpc) is 3.08. The predicted molar refractivity (Wildman–Crippen MR) is 104 cm³/mol. The first-order chi connectivity index (χ1) is 14.3. The number of hydrogen-bond acceptors (Lipinski definition) is 8. The second kappa shape index (κ2) is 8.61. The number of nitrogen functional groups attached to an aromatic ring is 1. The van der Waals surface area contributed by atoms with E-state index in [1.807, 2.05) is 5.32 Å². The van der Waals surface area contributed by atoms with Crippen LogP contribution in [0.25, 0.3) is 5.65 Å². The highest BCUT2D eigenvalue weighted by Crippen LogP contribution is 2.29. The lowest BCUT2D eigenvalue weighted by Crippen LogP contribution is -2.45. The summed E-state index contributed by atoms with van der Waals surface area (Å²) >= 11 is 0. The maximum Gasteiger partial charge on any atom is 0.407 e. The maximum absolute atomic E-state index is 13.9. The number of rotatable bonds is 8. The quantitative estimate of drug-likeness (QED) is 0.338. The number of Topliss-reactive ketones (excluding diaryl/α,β-unsaturated/α-hetero) is 1. The molecule has 2 heterocycles. The minimum atomic E-state index is -1.66. The van der Waals surface area contributed by atoms with E-state index in [9.17, 15) is 14.0 Å². The summed E-state index contributed by atoms with van der Waals surface area (Å²) in [5.74, 6) is -1.01. The van der Waals surface area contributed by atoms with Gasteiger partial charge in [-0.3, -0.25) is 10.1 Å². The van der Waals surface area contributed by atoms with Gasteiger partial charge in [-0.15, -0.1) is 0 Å². The van der Waals surface area contributed by atoms with Gasteiger partial charge in [-0.25, -0.2) is 18.7 Å². The molecule has 1 aromatic carbocycles. The number of ether oxygens (including phenoxy) is 1. The van der Waals surface area contributed by atoms with Crippen molar-refractivity contribution in [1.82, 2.24) is 19.9 Å². The molecule has 158 valence electrons. The number of ketones is 1. The summed E-state index contributed by atoms with van der Waals surface area (Å²) in [4.78, 5) is 27.1. The molecule has 3 aromatic rings. The van der Waals surface area contributed by atoms with E-state index in [0.717, 1.165) is 6.07 Å². The van der Waals surface area contributed by atoms with Gasteiger partial charge in [-0.1, -0.05) is 0 Å². The summed E-state index contributed by atoms with van der Waals surface area (Å²) in [6.45, 7) is 0.757. The Morgan fingerprint density at radius 3 is 2.83 bits per heavy atom. The molecule has 0 aliphatic heterocycles. The molecule has 6 N–H and O–H groups in total. The third kappa shape index (κ3) is 4.55. The second-order valence-corrected chi connectivity index (χ2v) is 6.30. The number of carbonyl (C=O) groups is 2. The highest BCUT2D eigenvalue weighted by molar-refractivity contribution is 5.87. The van der Waals surface area contributed by atoms with Gasteiger partial charge in [0.1, 0.15) is 24.0 Å². The van der Waals surface area contributed by atoms with E-state index >= 15 is 0 Å². The highest BCUT2D eigenvalue weighted by atomic mass is 19.1. The van der Waals surface area contributed by atoms with E-state index in [4.69, 9.17) is 20.7 Å². The molecular formula is C18H19FN6O5. The number of halogens is 1. The van der Waals surface area contributed by atoms with Crippen molar-refractivity contribution in [2.24, 2.45) is 0 Å². The van der Waals surface area contributed by atoms with E-state index < -0.39 is 36.6 Å². The highest BCUT2D eigenvalue weighted by Gasteiger charge is 2.24. The lowest BCUT2D eigenvalue weighted by atomic mass is 10.1. The van der Waals surface area contributed by atoms with Crippen LogP contribution >= 0.6 is 0 Å². The number of hydrogen-bond donors (Lipinski definition) is 5. The number of benzene rings is 1. The second-order valence-electron chi connectivity index (χ2n) is 6.30. The molecule has 2 atom stereocenters. The van der Waals surface area contributed by atoms with Crippen molar-refractivity contribution in [1.29, 1.82) is 0 Å². The minimum Gasteiger partial charge on any atom is -0.465 e. The fourth-order valence-electron chi connectivity index (χ4n) is 2.73. The molecule has 2 aromatic heterocycles. The summed E-state index contributed by atoms with van der Waals surface area (Å²) in [6.07, 6.45) is -0.0804. The van der Waals surface area contributed by atoms with E-state index in [-0.39, 0.29) is 5.75 Å². The Balaban J connectivity index is 1.88. The summed E-state index contributed by atoms with van der Waals surface area (Å²) < 4.78 is 20.8. The summed E-state index contributed by atoms with van der Waals surface area (Å²) in [7, 11) is 0. The Morgan fingerprint density at radius 1 is 1.37 bits per heavy atom. The summed E-state index contributed by atoms with van der Waals surface area (Å²) in [5, 5.41) is 26.9. The molecule has 2 unspecified atom stereocenters. The fourth-order valence-corrected chi connectivity index (χ4v) is 2.73. The van der Waals surface area contributed by atoms with Gasteiger partial charge in [0.05, 0.1) is 17.9 Å². The number of aliphatic hydroxyl groups excluding tert-OH is 1. The summed E-state index contributed by atoms with van der Waals surface area (Å²) in [5.41, 5.74) is 6.92. The molecule has 11 nitrogen and oxygen atoms in total. The van der Waals surface area contributed by atoms with Crippen molar-refractivity contribution in [3.8, 4) is 5.75 Å². The maximum atomic E-state index is 13.9. The lowest BCUT2D eigenvalue weighted by molar-refractivity contribution is -0.129. The zero-order valence-corrected chi connectivity index (χ0v) is 15.7. The number of fused-ring (bicyclic) bond motifs is 1. The smallest absolute Gasteiger partial charge is 0.407 e. The third-order valence-corrected chi connectivity index (χ3v) is 4.15. The molecule has 0 fully saturated rings. The van der Waals surface area contributed by atoms with Crippen LogP contribution in [0.1, 0.15) is 18.5 Å². The Kier molecular flexibility index (Phi) is 5.97. The van der Waals surface area contributed by atoms with Crippen LogP contribution in [0.3, 0.4) is 0 Å². The summed E-state index contributed by atoms with van der Waals surface area (Å²) in [6, 6.07) is 4.61. The van der Waals surface area contributed by atoms with Gasteiger partial charge >= 0.3 is 6.09 Å². The van der Waals surface area contributed by atoms with Crippen LogP contribution < -0.4 is 21.1 Å². The van der Waals surface area contributed by atoms with Crippen LogP contribution in [0.2, 0.25) is 0 Å². The molecule has 1 amide bonds. The zero-order chi connectivity index (χ0) is 21.8. The van der Waals surface area contributed by atoms with Crippen LogP contribution in [0.4, 0.5) is 20.7 Å². The van der Waals surface area contributed by atoms with E-state index in [1.54, 1.807) is 19.2 Å². The SMILES string of the molecule is CC(Nc1ccn2ncc(N)c2n1)c1cc(F)ccc1OC(NC(=O)O)C(=O)CO. The molecule has 0 saturated heterocycles. The van der Waals surface area contributed by atoms with Crippen molar-refractivity contribution >= 4 is 29.0 Å². The Hall–Kier alpha value is -3.93. The molecule has 0 aliphatic carbocycles. The average molecular weight is 418 g/mol. The first-order valence-corrected chi connectivity index (χ1v) is 8.74. The molecule has 0 spiro atoms. The number of carbonyl (C=O) groups excluding carboxylic acids is 1. The molecule has 12 heteroatoms. The van der Waals surface area contributed by atoms with Crippen LogP contribution in [0, 0.1) is 5.82 Å². The van der Waals surface area contributed by atoms with E-state index in [1.165, 1.54) is 22.8 Å². The lowest BCUT2D eigenvalue weighted by Gasteiger charge is -2.22. The monoisotopic (exact) mass is 418 g/mol. The fraction of sp³-hybridized carbons (Fsp3) is 0.222. The van der Waals surface area contributed by atoms with Crippen LogP contribution in [-0.4, -0.2) is 49.5 Å². The van der Waals surface area contributed by atoms with Crippen LogP contribution in [0.15, 0.2) is 36.7 Å². The topological polar surface area (TPSA) is 164 Å². The van der Waals surface area contributed by atoms with Gasteiger partial charge in [-0.05, 0) is 31.2 Å². The number of aromatic nitrogens is 3. The van der Waals surface area contributed by atoms with Crippen LogP contribution in [-0.2, 0) is 4.79 Å². The number of nitrogens with two attached hydrogens (primary N) is 1. The predicted octanol–water partition coefficient (Wildman–Crippen LogP) is 1.16. The molecule has 0 radical (unpaired) electrons. The molecular weight excluding hydrogens is 399 g/mol. The molecule has 30 heavy (non-hydrogen) atoms. The van der Waals surface area contributed by atoms with Crippen molar-refractivity contribution < 1.29 is 28.9 Å². The van der Waals surface area contributed by atoms with E-state index in [0.29, 0.717) is 22.7 Å². The first kappa shape index (κ1) is 20.8.